The Labute approximate surface area is 468 Å². The average molecular weight is 1100 g/mol. The maximum absolute atomic E-state index is 13.8. The van der Waals surface area contributed by atoms with E-state index in [1.165, 1.54) is 0 Å². The molecular formula is C64H74N2O14. The second kappa shape index (κ2) is 32.3. The molecule has 0 radical (unpaired) electrons. The summed E-state index contributed by atoms with van der Waals surface area (Å²) in [5.41, 5.74) is 3.89. The van der Waals surface area contributed by atoms with E-state index in [1.807, 2.05) is 78.9 Å². The SMILES string of the molecule is C=CC(=O)OCCCCCCOc1ccc(CCC(=O)O[C@H]2CC[C@H](C(=O)Oc3ccc(OC(=O)[C@H]4CC[C@H](OC(=O)CCc5ccc(OCCCCCCOC(=O)C=C)cc5)CC4)c4nc(-c5ccccc5)cnc34)CC2)cc1. The predicted molar refractivity (Wildman–Crippen MR) is 300 cm³/mol. The summed E-state index contributed by atoms with van der Waals surface area (Å²) in [5, 5.41) is 0. The van der Waals surface area contributed by atoms with Crippen molar-refractivity contribution in [1.29, 1.82) is 0 Å². The van der Waals surface area contributed by atoms with Crippen LogP contribution in [0.3, 0.4) is 0 Å². The first-order valence-corrected chi connectivity index (χ1v) is 28.2. The van der Waals surface area contributed by atoms with Gasteiger partial charge in [0, 0.05) is 30.6 Å². The van der Waals surface area contributed by atoms with Crippen LogP contribution in [0.2, 0.25) is 0 Å². The highest BCUT2D eigenvalue weighted by molar-refractivity contribution is 5.92. The van der Waals surface area contributed by atoms with Gasteiger partial charge in [-0.3, -0.25) is 19.2 Å². The third-order valence-electron chi connectivity index (χ3n) is 14.2. The standard InChI is InChI=1S/C64H74N2O14/c1-3-57(67)75-42-14-7-5-12-40-73-50-28-18-45(19-29-50)22-38-59(69)77-52-32-24-48(25-33-52)63(71)79-55-36-37-56(62-61(55)65-44-54(66-62)47-16-10-9-11-17-47)80-64(72)49-26-34-53(35-27-49)78-60(70)39-23-46-20-30-51(31-21-46)74-41-13-6-8-15-43-76-58(68)4-2/h3-4,9-11,16-21,28-31,36-37,44,48-49,52-53H,1-2,5-8,12-15,22-27,32-35,38-43H2/t48-,49-,52-,53-. The second-order valence-electron chi connectivity index (χ2n) is 20.2. The van der Waals surface area contributed by atoms with E-state index in [0.717, 1.165) is 91.7 Å². The molecule has 16 heteroatoms. The summed E-state index contributed by atoms with van der Waals surface area (Å²) in [4.78, 5) is 85.0. The Bertz CT molecular complexity index is 2820. The molecule has 80 heavy (non-hydrogen) atoms. The van der Waals surface area contributed by atoms with Gasteiger partial charge in [-0.2, -0.15) is 0 Å². The molecule has 2 saturated carbocycles. The van der Waals surface area contributed by atoms with Crippen molar-refractivity contribution >= 4 is 46.8 Å². The molecule has 16 nitrogen and oxygen atoms in total. The molecule has 0 aliphatic heterocycles. The summed E-state index contributed by atoms with van der Waals surface area (Å²) in [5.74, 6) is -1.16. The first-order chi connectivity index (χ1) is 39.0. The summed E-state index contributed by atoms with van der Waals surface area (Å²) in [6, 6.07) is 28.0. The smallest absolute Gasteiger partial charge is 0.330 e. The number of carbonyl (C=O) groups is 6. The Balaban J connectivity index is 0.817. The number of esters is 6. The minimum atomic E-state index is -0.427. The molecule has 424 valence electrons. The number of rotatable bonds is 31. The fourth-order valence-corrected chi connectivity index (χ4v) is 9.63. The highest BCUT2D eigenvalue weighted by Gasteiger charge is 2.32. The number of carbonyl (C=O) groups excluding carboxylic acids is 6. The summed E-state index contributed by atoms with van der Waals surface area (Å²) in [6.45, 7) is 8.73. The number of fused-ring (bicyclic) bond motifs is 1. The zero-order chi connectivity index (χ0) is 56.3. The Morgan fingerprint density at radius 3 is 1.35 bits per heavy atom. The van der Waals surface area contributed by atoms with Gasteiger partial charge in [0.05, 0.1) is 50.2 Å². The number of nitrogens with zero attached hydrogens (tertiary/aromatic N) is 2. The molecule has 1 aromatic heterocycles. The minimum Gasteiger partial charge on any atom is -0.494 e. The Morgan fingerprint density at radius 1 is 0.487 bits per heavy atom. The number of ether oxygens (including phenoxy) is 8. The van der Waals surface area contributed by atoms with Crippen molar-refractivity contribution in [2.45, 2.75) is 141 Å². The lowest BCUT2D eigenvalue weighted by Gasteiger charge is -2.27. The molecule has 0 unspecified atom stereocenters. The molecule has 0 saturated heterocycles. The van der Waals surface area contributed by atoms with Gasteiger partial charge < -0.3 is 37.9 Å². The van der Waals surface area contributed by atoms with Crippen molar-refractivity contribution < 1.29 is 66.7 Å². The lowest BCUT2D eigenvalue weighted by Crippen LogP contribution is -2.30. The van der Waals surface area contributed by atoms with Crippen LogP contribution in [0.1, 0.15) is 127 Å². The van der Waals surface area contributed by atoms with Gasteiger partial charge in [-0.15, -0.1) is 0 Å². The Hall–Kier alpha value is -7.88. The normalized spacial score (nSPS) is 16.8. The second-order valence-corrected chi connectivity index (χ2v) is 20.2. The zero-order valence-corrected chi connectivity index (χ0v) is 45.7. The van der Waals surface area contributed by atoms with Crippen LogP contribution in [-0.4, -0.2) is 84.4 Å². The largest absolute Gasteiger partial charge is 0.494 e. The van der Waals surface area contributed by atoms with Crippen LogP contribution >= 0.6 is 0 Å². The van der Waals surface area contributed by atoms with Crippen LogP contribution in [0.4, 0.5) is 0 Å². The molecule has 0 amide bonds. The van der Waals surface area contributed by atoms with Gasteiger partial charge in [0.25, 0.3) is 0 Å². The Morgan fingerprint density at radius 2 is 0.912 bits per heavy atom. The maximum Gasteiger partial charge on any atom is 0.330 e. The van der Waals surface area contributed by atoms with E-state index in [2.05, 4.69) is 18.1 Å². The minimum absolute atomic E-state index is 0.190. The van der Waals surface area contributed by atoms with Crippen LogP contribution in [0.5, 0.6) is 23.0 Å². The zero-order valence-electron chi connectivity index (χ0n) is 45.7. The van der Waals surface area contributed by atoms with E-state index in [-0.39, 0.29) is 59.5 Å². The fourth-order valence-electron chi connectivity index (χ4n) is 9.63. The third kappa shape index (κ3) is 19.8. The van der Waals surface area contributed by atoms with Gasteiger partial charge in [-0.1, -0.05) is 67.8 Å². The molecule has 4 aromatic carbocycles. The molecule has 0 N–H and O–H groups in total. The van der Waals surface area contributed by atoms with Crippen molar-refractivity contribution in [2.75, 3.05) is 26.4 Å². The molecule has 7 rings (SSSR count). The van der Waals surface area contributed by atoms with Gasteiger partial charge in [0.2, 0.25) is 0 Å². The summed E-state index contributed by atoms with van der Waals surface area (Å²) < 4.78 is 45.4. The highest BCUT2D eigenvalue weighted by Crippen LogP contribution is 2.36. The molecule has 1 heterocycles. The lowest BCUT2D eigenvalue weighted by molar-refractivity contribution is -0.153. The van der Waals surface area contributed by atoms with E-state index in [4.69, 9.17) is 42.9 Å². The molecule has 0 spiro atoms. The van der Waals surface area contributed by atoms with Crippen molar-refractivity contribution in [3.8, 4) is 34.3 Å². The number of hydrogen-bond acceptors (Lipinski definition) is 16. The van der Waals surface area contributed by atoms with Crippen molar-refractivity contribution in [3.05, 3.63) is 134 Å². The van der Waals surface area contributed by atoms with Crippen LogP contribution in [0, 0.1) is 11.8 Å². The summed E-state index contributed by atoms with van der Waals surface area (Å²) >= 11 is 0. The van der Waals surface area contributed by atoms with Gasteiger partial charge in [0.15, 0.2) is 11.5 Å². The van der Waals surface area contributed by atoms with E-state index >= 15 is 0 Å². The quantitative estimate of drug-likeness (QED) is 0.0133. The number of aryl methyl sites for hydroxylation is 2. The van der Waals surface area contributed by atoms with E-state index in [1.54, 1.807) is 18.3 Å². The van der Waals surface area contributed by atoms with Crippen LogP contribution in [0.25, 0.3) is 22.3 Å². The summed E-state index contributed by atoms with van der Waals surface area (Å²) in [7, 11) is 0. The van der Waals surface area contributed by atoms with Crippen molar-refractivity contribution in [2.24, 2.45) is 11.8 Å². The van der Waals surface area contributed by atoms with Crippen molar-refractivity contribution in [1.82, 2.24) is 9.97 Å². The van der Waals surface area contributed by atoms with Crippen LogP contribution in [0.15, 0.2) is 123 Å². The molecule has 2 aliphatic rings. The fraction of sp³-hybridized carbons (Fsp3) is 0.438. The van der Waals surface area contributed by atoms with E-state index in [9.17, 15) is 28.8 Å². The number of unbranched alkanes of at least 4 members (excludes halogenated alkanes) is 6. The summed E-state index contributed by atoms with van der Waals surface area (Å²) in [6.07, 6.45) is 16.1. The first kappa shape index (κ1) is 59.8. The topological polar surface area (TPSA) is 202 Å². The number of hydrogen-bond donors (Lipinski definition) is 0. The molecule has 0 atom stereocenters. The van der Waals surface area contributed by atoms with Gasteiger partial charge in [-0.25, -0.2) is 19.6 Å². The highest BCUT2D eigenvalue weighted by atomic mass is 16.6. The van der Waals surface area contributed by atoms with Crippen LogP contribution in [-0.2, 0) is 60.6 Å². The molecule has 5 aromatic rings. The van der Waals surface area contributed by atoms with Gasteiger partial charge >= 0.3 is 35.8 Å². The maximum atomic E-state index is 13.8. The van der Waals surface area contributed by atoms with E-state index in [0.29, 0.717) is 96.3 Å². The Kier molecular flexibility index (Phi) is 24.1. The first-order valence-electron chi connectivity index (χ1n) is 28.2. The lowest BCUT2D eigenvalue weighted by atomic mass is 9.87. The number of benzene rings is 4. The predicted octanol–water partition coefficient (Wildman–Crippen LogP) is 11.9. The van der Waals surface area contributed by atoms with Gasteiger partial charge in [0.1, 0.15) is 34.7 Å². The van der Waals surface area contributed by atoms with E-state index < -0.39 is 35.7 Å². The molecule has 0 bridgehead atoms. The molecular weight excluding hydrogens is 1020 g/mol. The average Bonchev–Trinajstić information content (AvgIpc) is 3.49. The molecule has 2 fully saturated rings. The molecule has 2 aliphatic carbocycles. The number of aromatic nitrogens is 2. The van der Waals surface area contributed by atoms with Crippen molar-refractivity contribution in [3.63, 3.8) is 0 Å². The third-order valence-corrected chi connectivity index (χ3v) is 14.2. The van der Waals surface area contributed by atoms with Gasteiger partial charge in [-0.05, 0) is 163 Å². The van der Waals surface area contributed by atoms with Crippen LogP contribution < -0.4 is 18.9 Å². The monoisotopic (exact) mass is 1090 g/mol.